The van der Waals surface area contributed by atoms with Crippen LogP contribution in [-0.4, -0.2) is 0 Å². The van der Waals surface area contributed by atoms with E-state index in [2.05, 4.69) is 111 Å². The Hall–Kier alpha value is -3.12. The van der Waals surface area contributed by atoms with Crippen molar-refractivity contribution in [2.24, 2.45) is 0 Å². The van der Waals surface area contributed by atoms with Gasteiger partial charge in [-0.15, -0.1) is 0 Å². The predicted molar refractivity (Wildman–Crippen MR) is 115 cm³/mol. The van der Waals surface area contributed by atoms with Gasteiger partial charge in [-0.25, -0.2) is 0 Å². The Balaban J connectivity index is 1.80. The lowest BCUT2D eigenvalue weighted by atomic mass is 9.78. The lowest BCUT2D eigenvalue weighted by Gasteiger charge is -2.25. The lowest BCUT2D eigenvalue weighted by molar-refractivity contribution is 0.662. The van der Waals surface area contributed by atoms with Crippen molar-refractivity contribution in [3.05, 3.63) is 108 Å². The monoisotopic (exact) mass is 346 g/mol. The molecule has 130 valence electrons. The third-order valence-electron chi connectivity index (χ3n) is 5.88. The van der Waals surface area contributed by atoms with Crippen molar-refractivity contribution in [3.8, 4) is 33.4 Å². The number of hydrogen-bond acceptors (Lipinski definition) is 0. The van der Waals surface area contributed by atoms with E-state index >= 15 is 0 Å². The molecule has 0 heterocycles. The molecule has 0 N–H and O–H groups in total. The SMILES string of the molecule is CC1(C)c2ccccc2-c2cccc(-c3ccccc3-c3ccccc3)c21. The van der Waals surface area contributed by atoms with E-state index in [-0.39, 0.29) is 5.41 Å². The van der Waals surface area contributed by atoms with Crippen LogP contribution in [0.15, 0.2) is 97.1 Å². The molecule has 5 rings (SSSR count). The van der Waals surface area contributed by atoms with Crippen LogP contribution in [0.5, 0.6) is 0 Å². The zero-order valence-corrected chi connectivity index (χ0v) is 15.7. The summed E-state index contributed by atoms with van der Waals surface area (Å²) in [5.74, 6) is 0. The van der Waals surface area contributed by atoms with Gasteiger partial charge in [-0.2, -0.15) is 0 Å². The minimum absolute atomic E-state index is 0.00762. The van der Waals surface area contributed by atoms with Crippen molar-refractivity contribution in [2.75, 3.05) is 0 Å². The average molecular weight is 346 g/mol. The summed E-state index contributed by atoms with van der Waals surface area (Å²) in [6, 6.07) is 35.1. The van der Waals surface area contributed by atoms with Gasteiger partial charge in [0, 0.05) is 5.41 Å². The molecule has 1 aliphatic carbocycles. The predicted octanol–water partition coefficient (Wildman–Crippen LogP) is 7.33. The van der Waals surface area contributed by atoms with Gasteiger partial charge in [-0.1, -0.05) is 111 Å². The number of fused-ring (bicyclic) bond motifs is 3. The second kappa shape index (κ2) is 5.96. The summed E-state index contributed by atoms with van der Waals surface area (Å²) < 4.78 is 0. The molecule has 0 aromatic heterocycles. The van der Waals surface area contributed by atoms with Gasteiger partial charge < -0.3 is 0 Å². The van der Waals surface area contributed by atoms with Crippen LogP contribution < -0.4 is 0 Å². The first-order chi connectivity index (χ1) is 13.2. The Morgan fingerprint density at radius 2 is 0.963 bits per heavy atom. The molecule has 0 saturated heterocycles. The van der Waals surface area contributed by atoms with Crippen LogP contribution >= 0.6 is 0 Å². The summed E-state index contributed by atoms with van der Waals surface area (Å²) in [4.78, 5) is 0. The maximum absolute atomic E-state index is 2.35. The molecule has 0 unspecified atom stereocenters. The molecular weight excluding hydrogens is 324 g/mol. The highest BCUT2D eigenvalue weighted by atomic mass is 14.4. The van der Waals surface area contributed by atoms with Crippen molar-refractivity contribution < 1.29 is 0 Å². The van der Waals surface area contributed by atoms with Crippen LogP contribution in [-0.2, 0) is 5.41 Å². The summed E-state index contributed by atoms with van der Waals surface area (Å²) in [6.07, 6.45) is 0. The summed E-state index contributed by atoms with van der Waals surface area (Å²) in [7, 11) is 0. The van der Waals surface area contributed by atoms with E-state index < -0.39 is 0 Å². The molecule has 0 bridgehead atoms. The van der Waals surface area contributed by atoms with Gasteiger partial charge in [0.1, 0.15) is 0 Å². The van der Waals surface area contributed by atoms with Gasteiger partial charge in [0.2, 0.25) is 0 Å². The van der Waals surface area contributed by atoms with E-state index in [9.17, 15) is 0 Å². The maximum atomic E-state index is 2.35. The average Bonchev–Trinajstić information content (AvgIpc) is 2.97. The first-order valence-corrected chi connectivity index (χ1v) is 9.56. The highest BCUT2D eigenvalue weighted by Crippen LogP contribution is 2.52. The molecule has 0 nitrogen and oxygen atoms in total. The molecule has 0 radical (unpaired) electrons. The van der Waals surface area contributed by atoms with Crippen LogP contribution in [0.1, 0.15) is 25.0 Å². The van der Waals surface area contributed by atoms with Crippen LogP contribution in [0.2, 0.25) is 0 Å². The third-order valence-corrected chi connectivity index (χ3v) is 5.88. The highest BCUT2D eigenvalue weighted by Gasteiger charge is 2.37. The standard InChI is InChI=1S/C27H22/c1-27(2)25-18-9-8-15-22(25)24-17-10-16-23(26(24)27)21-14-7-6-13-20(21)19-11-4-3-5-12-19/h3-18H,1-2H3. The van der Waals surface area contributed by atoms with Crippen molar-refractivity contribution in [3.63, 3.8) is 0 Å². The quantitative estimate of drug-likeness (QED) is 0.356. The van der Waals surface area contributed by atoms with Gasteiger partial charge in [0.15, 0.2) is 0 Å². The highest BCUT2D eigenvalue weighted by molar-refractivity contribution is 5.92. The molecule has 0 saturated carbocycles. The number of rotatable bonds is 2. The summed E-state index contributed by atoms with van der Waals surface area (Å²) in [6.45, 7) is 4.71. The van der Waals surface area contributed by atoms with Crippen molar-refractivity contribution in [1.82, 2.24) is 0 Å². The smallest absolute Gasteiger partial charge is 0.0165 e. The third kappa shape index (κ3) is 2.37. The normalized spacial score (nSPS) is 13.9. The molecule has 4 aromatic rings. The van der Waals surface area contributed by atoms with Crippen LogP contribution in [0.25, 0.3) is 33.4 Å². The molecule has 0 heteroatoms. The van der Waals surface area contributed by atoms with Gasteiger partial charge in [-0.3, -0.25) is 0 Å². The Morgan fingerprint density at radius 3 is 1.70 bits per heavy atom. The van der Waals surface area contributed by atoms with Crippen molar-refractivity contribution in [1.29, 1.82) is 0 Å². The summed E-state index contributed by atoms with van der Waals surface area (Å²) in [5.41, 5.74) is 10.8. The Labute approximate surface area is 161 Å². The van der Waals surface area contributed by atoms with Gasteiger partial charge in [0.05, 0.1) is 0 Å². The fraction of sp³-hybridized carbons (Fsp3) is 0.111. The molecule has 0 fully saturated rings. The molecule has 1 aliphatic rings. The van der Waals surface area contributed by atoms with E-state index in [1.807, 2.05) is 0 Å². The largest absolute Gasteiger partial charge is 0.0622 e. The van der Waals surface area contributed by atoms with E-state index in [0.29, 0.717) is 0 Å². The molecule has 0 amide bonds. The second-order valence-corrected chi connectivity index (χ2v) is 7.81. The Morgan fingerprint density at radius 1 is 0.444 bits per heavy atom. The van der Waals surface area contributed by atoms with E-state index in [4.69, 9.17) is 0 Å². The zero-order chi connectivity index (χ0) is 18.4. The Kier molecular flexibility index (Phi) is 3.55. The van der Waals surface area contributed by atoms with Crippen LogP contribution in [0, 0.1) is 0 Å². The molecule has 0 spiro atoms. The fourth-order valence-corrected chi connectivity index (χ4v) is 4.66. The minimum Gasteiger partial charge on any atom is -0.0622 e. The number of benzene rings is 4. The van der Waals surface area contributed by atoms with E-state index in [0.717, 1.165) is 0 Å². The summed E-state index contributed by atoms with van der Waals surface area (Å²) in [5, 5.41) is 0. The Bertz CT molecular complexity index is 1130. The molecular formula is C27H22. The first kappa shape index (κ1) is 16.1. The molecule has 4 aromatic carbocycles. The van der Waals surface area contributed by atoms with Gasteiger partial charge in [0.25, 0.3) is 0 Å². The molecule has 0 aliphatic heterocycles. The van der Waals surface area contributed by atoms with Gasteiger partial charge >= 0.3 is 0 Å². The number of hydrogen-bond donors (Lipinski definition) is 0. The van der Waals surface area contributed by atoms with Crippen molar-refractivity contribution in [2.45, 2.75) is 19.3 Å². The minimum atomic E-state index is -0.00762. The zero-order valence-electron chi connectivity index (χ0n) is 15.7. The summed E-state index contributed by atoms with van der Waals surface area (Å²) >= 11 is 0. The van der Waals surface area contributed by atoms with E-state index in [1.165, 1.54) is 44.5 Å². The molecule has 0 atom stereocenters. The van der Waals surface area contributed by atoms with Crippen LogP contribution in [0.3, 0.4) is 0 Å². The second-order valence-electron chi connectivity index (χ2n) is 7.81. The maximum Gasteiger partial charge on any atom is 0.0165 e. The fourth-order valence-electron chi connectivity index (χ4n) is 4.66. The lowest BCUT2D eigenvalue weighted by Crippen LogP contribution is -2.16. The van der Waals surface area contributed by atoms with Gasteiger partial charge in [-0.05, 0) is 44.5 Å². The van der Waals surface area contributed by atoms with Crippen LogP contribution in [0.4, 0.5) is 0 Å². The van der Waals surface area contributed by atoms with E-state index in [1.54, 1.807) is 0 Å². The first-order valence-electron chi connectivity index (χ1n) is 9.56. The topological polar surface area (TPSA) is 0 Å². The molecule has 27 heavy (non-hydrogen) atoms. The van der Waals surface area contributed by atoms with Crippen molar-refractivity contribution >= 4 is 0 Å².